The van der Waals surface area contributed by atoms with E-state index in [4.69, 9.17) is 4.98 Å². The van der Waals surface area contributed by atoms with Gasteiger partial charge in [0.15, 0.2) is 0 Å². The van der Waals surface area contributed by atoms with Crippen molar-refractivity contribution >= 4 is 5.69 Å². The minimum atomic E-state index is 0.372. The van der Waals surface area contributed by atoms with Crippen LogP contribution < -0.4 is 10.2 Å². The van der Waals surface area contributed by atoms with E-state index in [2.05, 4.69) is 49.8 Å². The zero-order chi connectivity index (χ0) is 15.5. The number of nitrogens with zero attached hydrogens (tertiary/aromatic N) is 3. The van der Waals surface area contributed by atoms with Crippen molar-refractivity contribution in [2.75, 3.05) is 24.5 Å². The molecule has 0 unspecified atom stereocenters. The fourth-order valence-corrected chi connectivity index (χ4v) is 2.97. The molecule has 0 atom stereocenters. The largest absolute Gasteiger partial charge is 0.368 e. The first kappa shape index (κ1) is 16.2. The van der Waals surface area contributed by atoms with Crippen LogP contribution in [0.1, 0.15) is 64.9 Å². The second-order valence-electron chi connectivity index (χ2n) is 7.18. The summed E-state index contributed by atoms with van der Waals surface area (Å²) in [6.45, 7) is 15.1. The van der Waals surface area contributed by atoms with E-state index in [1.807, 2.05) is 6.20 Å². The van der Waals surface area contributed by atoms with Crippen LogP contribution in [0.25, 0.3) is 0 Å². The molecular weight excluding hydrogens is 260 g/mol. The summed E-state index contributed by atoms with van der Waals surface area (Å²) in [4.78, 5) is 11.9. The summed E-state index contributed by atoms with van der Waals surface area (Å²) in [6.07, 6.45) is 4.59. The Balaban J connectivity index is 2.28. The molecule has 1 aliphatic heterocycles. The molecule has 0 spiro atoms. The molecule has 0 bridgehead atoms. The van der Waals surface area contributed by atoms with E-state index in [0.29, 0.717) is 11.3 Å². The van der Waals surface area contributed by atoms with E-state index in [0.717, 1.165) is 37.7 Å². The Morgan fingerprint density at radius 2 is 2.14 bits per heavy atom. The predicted octanol–water partition coefficient (Wildman–Crippen LogP) is 3.34. The summed E-state index contributed by atoms with van der Waals surface area (Å²) in [7, 11) is 0. The lowest BCUT2D eigenvalue weighted by Gasteiger charge is -2.39. The number of nitrogens with one attached hydrogen (secondary N) is 1. The van der Waals surface area contributed by atoms with Gasteiger partial charge in [0, 0.05) is 25.6 Å². The third-order valence-corrected chi connectivity index (χ3v) is 4.16. The van der Waals surface area contributed by atoms with Crippen LogP contribution in [0.5, 0.6) is 0 Å². The number of anilines is 1. The molecule has 118 valence electrons. The summed E-state index contributed by atoms with van der Waals surface area (Å²) < 4.78 is 0. The summed E-state index contributed by atoms with van der Waals surface area (Å²) >= 11 is 0. The van der Waals surface area contributed by atoms with Gasteiger partial charge in [-0.15, -0.1) is 0 Å². The number of rotatable bonds is 5. The van der Waals surface area contributed by atoms with Gasteiger partial charge >= 0.3 is 0 Å². The molecule has 0 amide bonds. The van der Waals surface area contributed by atoms with Crippen LogP contribution in [0.4, 0.5) is 5.69 Å². The molecule has 1 aromatic rings. The molecule has 0 radical (unpaired) electrons. The van der Waals surface area contributed by atoms with Gasteiger partial charge < -0.3 is 10.2 Å². The van der Waals surface area contributed by atoms with Gasteiger partial charge in [-0.1, -0.05) is 34.6 Å². The number of hydrogen-bond acceptors (Lipinski definition) is 4. The lowest BCUT2D eigenvalue weighted by Crippen LogP contribution is -2.41. The molecule has 4 nitrogen and oxygen atoms in total. The average Bonchev–Trinajstić information content (AvgIpc) is 2.43. The molecule has 1 fully saturated rings. The molecule has 1 N–H and O–H groups in total. The van der Waals surface area contributed by atoms with Crippen LogP contribution in [0, 0.1) is 5.41 Å². The van der Waals surface area contributed by atoms with Crippen molar-refractivity contribution in [2.45, 2.75) is 59.9 Å². The Morgan fingerprint density at radius 3 is 2.76 bits per heavy atom. The van der Waals surface area contributed by atoms with E-state index in [9.17, 15) is 0 Å². The van der Waals surface area contributed by atoms with Crippen molar-refractivity contribution in [3.8, 4) is 0 Å². The lowest BCUT2D eigenvalue weighted by atomic mass is 9.84. The second-order valence-corrected chi connectivity index (χ2v) is 7.18. The fraction of sp³-hybridized carbons (Fsp3) is 0.765. The standard InChI is InChI=1S/C17H30N4/c1-6-18-10-14-15(11-19-16(20-14)13(2)3)21-9-7-8-17(4,5)12-21/h11,13,18H,6-10,12H2,1-5H3. The molecule has 4 heteroatoms. The van der Waals surface area contributed by atoms with Gasteiger partial charge in [-0.2, -0.15) is 0 Å². The number of aromatic nitrogens is 2. The zero-order valence-electron chi connectivity index (χ0n) is 14.2. The maximum absolute atomic E-state index is 4.82. The Hall–Kier alpha value is -1.16. The van der Waals surface area contributed by atoms with Crippen molar-refractivity contribution < 1.29 is 0 Å². The first-order valence-corrected chi connectivity index (χ1v) is 8.24. The van der Waals surface area contributed by atoms with Gasteiger partial charge in [0.1, 0.15) is 5.82 Å². The van der Waals surface area contributed by atoms with E-state index < -0.39 is 0 Å². The minimum Gasteiger partial charge on any atom is -0.368 e. The van der Waals surface area contributed by atoms with E-state index in [1.54, 1.807) is 0 Å². The predicted molar refractivity (Wildman–Crippen MR) is 88.7 cm³/mol. The Labute approximate surface area is 129 Å². The summed E-state index contributed by atoms with van der Waals surface area (Å²) in [5.74, 6) is 1.32. The molecule has 21 heavy (non-hydrogen) atoms. The first-order chi connectivity index (χ1) is 9.93. The van der Waals surface area contributed by atoms with Crippen LogP contribution in [0.15, 0.2) is 6.20 Å². The normalized spacial score (nSPS) is 18.3. The van der Waals surface area contributed by atoms with Crippen molar-refractivity contribution in [1.29, 1.82) is 0 Å². The molecule has 0 aliphatic carbocycles. The lowest BCUT2D eigenvalue weighted by molar-refractivity contribution is 0.292. The highest BCUT2D eigenvalue weighted by molar-refractivity contribution is 5.50. The van der Waals surface area contributed by atoms with Crippen molar-refractivity contribution in [1.82, 2.24) is 15.3 Å². The van der Waals surface area contributed by atoms with Crippen LogP contribution in [-0.4, -0.2) is 29.6 Å². The Bertz CT molecular complexity index is 468. The maximum Gasteiger partial charge on any atom is 0.131 e. The van der Waals surface area contributed by atoms with E-state index in [-0.39, 0.29) is 0 Å². The quantitative estimate of drug-likeness (QED) is 0.903. The highest BCUT2D eigenvalue weighted by atomic mass is 15.2. The Kier molecular flexibility index (Phi) is 5.20. The van der Waals surface area contributed by atoms with Gasteiger partial charge in [-0.25, -0.2) is 9.97 Å². The smallest absolute Gasteiger partial charge is 0.131 e. The average molecular weight is 290 g/mol. The number of hydrogen-bond donors (Lipinski definition) is 1. The van der Waals surface area contributed by atoms with Gasteiger partial charge in [-0.05, 0) is 24.8 Å². The summed E-state index contributed by atoms with van der Waals surface area (Å²) in [5, 5.41) is 3.41. The molecule has 1 aromatic heterocycles. The van der Waals surface area contributed by atoms with Gasteiger partial charge in [0.05, 0.1) is 17.6 Å². The number of piperidine rings is 1. The topological polar surface area (TPSA) is 41.1 Å². The van der Waals surface area contributed by atoms with Crippen LogP contribution >= 0.6 is 0 Å². The van der Waals surface area contributed by atoms with Gasteiger partial charge in [0.2, 0.25) is 0 Å². The molecule has 1 aliphatic rings. The Morgan fingerprint density at radius 1 is 1.38 bits per heavy atom. The molecule has 1 saturated heterocycles. The first-order valence-electron chi connectivity index (χ1n) is 8.24. The summed E-state index contributed by atoms with van der Waals surface area (Å²) in [6, 6.07) is 0. The van der Waals surface area contributed by atoms with E-state index in [1.165, 1.54) is 18.5 Å². The minimum absolute atomic E-state index is 0.372. The third kappa shape index (κ3) is 4.16. The third-order valence-electron chi connectivity index (χ3n) is 4.16. The highest BCUT2D eigenvalue weighted by Crippen LogP contribution is 2.32. The zero-order valence-corrected chi connectivity index (χ0v) is 14.2. The highest BCUT2D eigenvalue weighted by Gasteiger charge is 2.28. The monoisotopic (exact) mass is 290 g/mol. The molecule has 0 saturated carbocycles. The van der Waals surface area contributed by atoms with Crippen molar-refractivity contribution in [3.05, 3.63) is 17.7 Å². The van der Waals surface area contributed by atoms with Gasteiger partial charge in [-0.3, -0.25) is 0 Å². The maximum atomic E-state index is 4.82. The fourth-order valence-electron chi connectivity index (χ4n) is 2.97. The SMILES string of the molecule is CCNCc1nc(C(C)C)ncc1N1CCCC(C)(C)C1. The molecule has 2 heterocycles. The summed E-state index contributed by atoms with van der Waals surface area (Å²) in [5.41, 5.74) is 2.74. The van der Waals surface area contributed by atoms with Crippen molar-refractivity contribution in [2.24, 2.45) is 5.41 Å². The van der Waals surface area contributed by atoms with Crippen LogP contribution in [0.3, 0.4) is 0 Å². The second kappa shape index (κ2) is 6.73. The molecule has 0 aromatic carbocycles. The molecule has 2 rings (SSSR count). The van der Waals surface area contributed by atoms with Crippen molar-refractivity contribution in [3.63, 3.8) is 0 Å². The molecular formula is C17H30N4. The van der Waals surface area contributed by atoms with Crippen LogP contribution in [-0.2, 0) is 6.54 Å². The van der Waals surface area contributed by atoms with Gasteiger partial charge in [0.25, 0.3) is 0 Å². The van der Waals surface area contributed by atoms with E-state index >= 15 is 0 Å². The van der Waals surface area contributed by atoms with Crippen LogP contribution in [0.2, 0.25) is 0 Å².